The van der Waals surface area contributed by atoms with Crippen LogP contribution in [-0.2, 0) is 4.79 Å². The van der Waals surface area contributed by atoms with Crippen molar-refractivity contribution in [1.82, 2.24) is 9.88 Å². The number of H-pyrrole nitrogens is 1. The topological polar surface area (TPSA) is 74.4 Å². The number of likely N-dealkylation sites (N-methyl/N-ethyl adjacent to an activating group) is 1. The second kappa shape index (κ2) is 8.27. The Labute approximate surface area is 164 Å². The van der Waals surface area contributed by atoms with Gasteiger partial charge < -0.3 is 15.0 Å². The number of aryl methyl sites for hydroxylation is 1. The molecule has 0 spiro atoms. The number of hydrogen-bond acceptors (Lipinski definition) is 4. The van der Waals surface area contributed by atoms with Crippen molar-refractivity contribution in [3.05, 3.63) is 59.8 Å². The lowest BCUT2D eigenvalue weighted by Crippen LogP contribution is -2.41. The van der Waals surface area contributed by atoms with Gasteiger partial charge >= 0.3 is 0 Å². The van der Waals surface area contributed by atoms with Crippen LogP contribution in [0.15, 0.2) is 48.5 Å². The normalized spacial score (nSPS) is 12.2. The van der Waals surface area contributed by atoms with Crippen molar-refractivity contribution in [1.29, 1.82) is 0 Å². The fourth-order valence-electron chi connectivity index (χ4n) is 3.24. The van der Waals surface area contributed by atoms with Gasteiger partial charge in [-0.3, -0.25) is 14.5 Å². The molecule has 2 aromatic carbocycles. The first-order chi connectivity index (χ1) is 13.4. The summed E-state index contributed by atoms with van der Waals surface area (Å²) in [5.41, 5.74) is 3.15. The van der Waals surface area contributed by atoms with Crippen LogP contribution in [0.5, 0.6) is 5.75 Å². The molecule has 0 aliphatic heterocycles. The minimum atomic E-state index is -0.431. The van der Waals surface area contributed by atoms with Crippen molar-refractivity contribution in [2.75, 3.05) is 26.0 Å². The molecule has 0 aliphatic rings. The molecular weight excluding hydrogens is 354 g/mol. The van der Waals surface area contributed by atoms with E-state index in [0.717, 1.165) is 22.3 Å². The summed E-state index contributed by atoms with van der Waals surface area (Å²) in [5.74, 6) is 0.543. The van der Waals surface area contributed by atoms with E-state index in [1.807, 2.05) is 38.1 Å². The summed E-state index contributed by atoms with van der Waals surface area (Å²) < 4.78 is 5.11. The largest absolute Gasteiger partial charge is 0.497 e. The van der Waals surface area contributed by atoms with E-state index in [1.54, 1.807) is 43.3 Å². The van der Waals surface area contributed by atoms with Crippen molar-refractivity contribution in [2.45, 2.75) is 19.9 Å². The van der Waals surface area contributed by atoms with Crippen molar-refractivity contribution in [2.24, 2.45) is 0 Å². The number of anilines is 1. The molecule has 0 bridgehead atoms. The molecule has 28 heavy (non-hydrogen) atoms. The predicted molar refractivity (Wildman–Crippen MR) is 111 cm³/mol. The van der Waals surface area contributed by atoms with Crippen molar-refractivity contribution < 1.29 is 14.3 Å². The monoisotopic (exact) mass is 379 g/mol. The van der Waals surface area contributed by atoms with Gasteiger partial charge in [-0.05, 0) is 51.2 Å². The number of amides is 1. The minimum Gasteiger partial charge on any atom is -0.497 e. The minimum absolute atomic E-state index is 0.00491. The average molecular weight is 379 g/mol. The third-order valence-electron chi connectivity index (χ3n) is 4.95. The number of ether oxygens (including phenoxy) is 1. The number of carbonyl (C=O) groups excluding carboxylic acids is 2. The Hall–Kier alpha value is -3.12. The summed E-state index contributed by atoms with van der Waals surface area (Å²) in [7, 11) is 3.37. The molecule has 1 atom stereocenters. The molecular formula is C22H25N3O3. The van der Waals surface area contributed by atoms with Crippen LogP contribution in [-0.4, -0.2) is 48.3 Å². The van der Waals surface area contributed by atoms with Gasteiger partial charge in [-0.2, -0.15) is 0 Å². The van der Waals surface area contributed by atoms with Crippen LogP contribution in [0.1, 0.15) is 23.0 Å². The zero-order valence-corrected chi connectivity index (χ0v) is 16.6. The summed E-state index contributed by atoms with van der Waals surface area (Å²) in [6.45, 7) is 3.83. The van der Waals surface area contributed by atoms with Crippen LogP contribution in [0.3, 0.4) is 0 Å². The van der Waals surface area contributed by atoms with Crippen LogP contribution < -0.4 is 10.1 Å². The Kier molecular flexibility index (Phi) is 5.80. The number of fused-ring (bicyclic) bond motifs is 1. The van der Waals surface area contributed by atoms with Gasteiger partial charge in [-0.15, -0.1) is 0 Å². The molecule has 146 valence electrons. The van der Waals surface area contributed by atoms with E-state index >= 15 is 0 Å². The molecule has 0 fully saturated rings. The summed E-state index contributed by atoms with van der Waals surface area (Å²) in [4.78, 5) is 30.5. The van der Waals surface area contributed by atoms with Crippen LogP contribution in [0.25, 0.3) is 10.9 Å². The smallest absolute Gasteiger partial charge is 0.238 e. The number of benzene rings is 2. The average Bonchev–Trinajstić information content (AvgIpc) is 3.02. The third-order valence-corrected chi connectivity index (χ3v) is 4.95. The molecule has 0 aliphatic carbocycles. The lowest BCUT2D eigenvalue weighted by atomic mass is 10.0. The first-order valence-corrected chi connectivity index (χ1v) is 9.16. The van der Waals surface area contributed by atoms with Gasteiger partial charge in [0, 0.05) is 27.8 Å². The number of nitrogens with one attached hydrogen (secondary N) is 2. The highest BCUT2D eigenvalue weighted by Gasteiger charge is 2.25. The Bertz CT molecular complexity index is 992. The standard InChI is InChI=1S/C22H25N3O3/c1-14-21(18-7-5-6-8-19(18)23-14)22(27)15(2)25(3)13-20(26)24-16-9-11-17(28-4)12-10-16/h5-12,15,23H,13H2,1-4H3,(H,24,26). The van der Waals surface area contributed by atoms with Crippen LogP contribution in [0.2, 0.25) is 0 Å². The maximum atomic E-state index is 13.1. The zero-order chi connectivity index (χ0) is 20.3. The molecule has 3 rings (SSSR count). The summed E-state index contributed by atoms with van der Waals surface area (Å²) in [5, 5.41) is 3.75. The maximum absolute atomic E-state index is 13.1. The van der Waals surface area contributed by atoms with Gasteiger partial charge in [0.05, 0.1) is 19.7 Å². The van der Waals surface area contributed by atoms with Crippen LogP contribution in [0, 0.1) is 6.92 Å². The van der Waals surface area contributed by atoms with Crippen molar-refractivity contribution in [3.63, 3.8) is 0 Å². The second-order valence-electron chi connectivity index (χ2n) is 6.90. The number of hydrogen-bond donors (Lipinski definition) is 2. The molecule has 1 amide bonds. The molecule has 0 radical (unpaired) electrons. The molecule has 3 aromatic rings. The quantitative estimate of drug-likeness (QED) is 0.615. The Morgan fingerprint density at radius 1 is 1.14 bits per heavy atom. The fraction of sp³-hybridized carbons (Fsp3) is 0.273. The highest BCUT2D eigenvalue weighted by molar-refractivity contribution is 6.11. The summed E-state index contributed by atoms with van der Waals surface area (Å²) in [6.07, 6.45) is 0. The molecule has 6 heteroatoms. The fourth-order valence-corrected chi connectivity index (χ4v) is 3.24. The van der Waals surface area contributed by atoms with Crippen LogP contribution >= 0.6 is 0 Å². The lowest BCUT2D eigenvalue weighted by Gasteiger charge is -2.23. The van der Waals surface area contributed by atoms with Crippen LogP contribution in [0.4, 0.5) is 5.69 Å². The first kappa shape index (κ1) is 19.6. The third kappa shape index (κ3) is 4.07. The molecule has 1 heterocycles. The van der Waals surface area contributed by atoms with Gasteiger partial charge in [0.25, 0.3) is 0 Å². The van der Waals surface area contributed by atoms with E-state index in [1.165, 1.54) is 0 Å². The van der Waals surface area contributed by atoms with E-state index in [2.05, 4.69) is 10.3 Å². The molecule has 1 unspecified atom stereocenters. The first-order valence-electron chi connectivity index (χ1n) is 9.16. The predicted octanol–water partition coefficient (Wildman–Crippen LogP) is 3.63. The van der Waals surface area contributed by atoms with E-state index in [0.29, 0.717) is 11.3 Å². The van der Waals surface area contributed by atoms with Crippen molar-refractivity contribution in [3.8, 4) is 5.75 Å². The molecule has 2 N–H and O–H groups in total. The number of carbonyl (C=O) groups is 2. The van der Waals surface area contributed by atoms with E-state index < -0.39 is 6.04 Å². The number of aromatic amines is 1. The Morgan fingerprint density at radius 3 is 2.50 bits per heavy atom. The molecule has 0 saturated carbocycles. The Balaban J connectivity index is 1.67. The molecule has 1 aromatic heterocycles. The van der Waals surface area contributed by atoms with E-state index in [4.69, 9.17) is 4.74 Å². The van der Waals surface area contributed by atoms with E-state index in [9.17, 15) is 9.59 Å². The number of ketones is 1. The molecule has 0 saturated heterocycles. The number of methoxy groups -OCH3 is 1. The Morgan fingerprint density at radius 2 is 1.82 bits per heavy atom. The zero-order valence-electron chi connectivity index (χ0n) is 16.6. The number of Topliss-reactive ketones (excluding diaryl/α,β-unsaturated/α-hetero) is 1. The second-order valence-corrected chi connectivity index (χ2v) is 6.90. The SMILES string of the molecule is COc1ccc(NC(=O)CN(C)C(C)C(=O)c2c(C)[nH]c3ccccc23)cc1. The maximum Gasteiger partial charge on any atom is 0.238 e. The van der Waals surface area contributed by atoms with Gasteiger partial charge in [0.15, 0.2) is 5.78 Å². The van der Waals surface area contributed by atoms with Gasteiger partial charge in [0.1, 0.15) is 5.75 Å². The summed E-state index contributed by atoms with van der Waals surface area (Å²) in [6, 6.07) is 14.4. The van der Waals surface area contributed by atoms with E-state index in [-0.39, 0.29) is 18.2 Å². The van der Waals surface area contributed by atoms with Crippen molar-refractivity contribution >= 4 is 28.3 Å². The summed E-state index contributed by atoms with van der Waals surface area (Å²) >= 11 is 0. The lowest BCUT2D eigenvalue weighted by molar-refractivity contribution is -0.117. The number of rotatable bonds is 7. The van der Waals surface area contributed by atoms with Gasteiger partial charge in [-0.1, -0.05) is 18.2 Å². The number of aromatic nitrogens is 1. The van der Waals surface area contributed by atoms with Gasteiger partial charge in [-0.25, -0.2) is 0 Å². The van der Waals surface area contributed by atoms with Gasteiger partial charge in [0.2, 0.25) is 5.91 Å². The number of para-hydroxylation sites is 1. The highest BCUT2D eigenvalue weighted by Crippen LogP contribution is 2.24. The molecule has 6 nitrogen and oxygen atoms in total. The number of nitrogens with zero attached hydrogens (tertiary/aromatic N) is 1. The highest BCUT2D eigenvalue weighted by atomic mass is 16.5.